The van der Waals surface area contributed by atoms with E-state index in [-0.39, 0.29) is 5.78 Å². The summed E-state index contributed by atoms with van der Waals surface area (Å²) in [5.74, 6) is 1.27. The average molecular weight is 380 g/mol. The van der Waals surface area contributed by atoms with Crippen molar-refractivity contribution in [3.63, 3.8) is 0 Å². The minimum Gasteiger partial charge on any atom is -0.309 e. The second kappa shape index (κ2) is 9.94. The fourth-order valence-corrected chi connectivity index (χ4v) is 4.33. The van der Waals surface area contributed by atoms with Crippen molar-refractivity contribution < 1.29 is 4.79 Å². The molecular formula is C24H33N3O. The zero-order valence-electron chi connectivity index (χ0n) is 17.3. The number of para-hydroxylation sites is 1. The van der Waals surface area contributed by atoms with Gasteiger partial charge in [-0.25, -0.2) is 0 Å². The zero-order valence-corrected chi connectivity index (χ0v) is 17.3. The third-order valence-electron chi connectivity index (χ3n) is 5.96. The third kappa shape index (κ3) is 5.27. The molecule has 2 aromatic rings. The molecule has 0 radical (unpaired) electrons. The number of likely N-dealkylation sites (tertiary alicyclic amines) is 1. The average Bonchev–Trinajstić information content (AvgIpc) is 2.71. The Hall–Kier alpha value is -2.04. The highest BCUT2D eigenvalue weighted by Crippen LogP contribution is 2.29. The van der Waals surface area contributed by atoms with Gasteiger partial charge in [0.15, 0.2) is 5.78 Å². The van der Waals surface area contributed by atoms with E-state index in [9.17, 15) is 4.79 Å². The van der Waals surface area contributed by atoms with Gasteiger partial charge in [0.2, 0.25) is 0 Å². The summed E-state index contributed by atoms with van der Waals surface area (Å²) in [7, 11) is 4.25. The second-order valence-electron chi connectivity index (χ2n) is 8.24. The van der Waals surface area contributed by atoms with E-state index < -0.39 is 0 Å². The molecule has 2 heterocycles. The van der Waals surface area contributed by atoms with Gasteiger partial charge in [0.25, 0.3) is 0 Å². The molecule has 0 aliphatic carbocycles. The fraction of sp³-hybridized carbons (Fsp3) is 0.500. The van der Waals surface area contributed by atoms with Gasteiger partial charge < -0.3 is 9.80 Å². The van der Waals surface area contributed by atoms with Crippen molar-refractivity contribution in [2.45, 2.75) is 25.7 Å². The first kappa shape index (κ1) is 20.7. The van der Waals surface area contributed by atoms with E-state index in [1.54, 1.807) is 6.20 Å². The van der Waals surface area contributed by atoms with Crippen LogP contribution in [0.4, 0.5) is 0 Å². The highest BCUT2D eigenvalue weighted by atomic mass is 16.1. The van der Waals surface area contributed by atoms with Crippen molar-refractivity contribution in [3.8, 4) is 0 Å². The maximum atomic E-state index is 12.9. The summed E-state index contributed by atoms with van der Waals surface area (Å²) in [6, 6.07) is 9.76. The van der Waals surface area contributed by atoms with Crippen LogP contribution in [0.5, 0.6) is 0 Å². The molecule has 0 saturated carbocycles. The SMILES string of the molecule is C=CC1CN(CCCN(C)C)CCC1CCC(=O)c1ccnc2ccccc12. The van der Waals surface area contributed by atoms with Crippen molar-refractivity contribution >= 4 is 16.7 Å². The van der Waals surface area contributed by atoms with Gasteiger partial charge in [0.05, 0.1) is 5.52 Å². The Kier molecular flexibility index (Phi) is 7.35. The molecule has 1 aromatic heterocycles. The fourth-order valence-electron chi connectivity index (χ4n) is 4.33. The Morgan fingerprint density at radius 2 is 2.14 bits per heavy atom. The summed E-state index contributed by atoms with van der Waals surface area (Å²) in [5, 5.41) is 0.964. The Morgan fingerprint density at radius 1 is 1.32 bits per heavy atom. The molecule has 4 heteroatoms. The molecule has 0 amide bonds. The molecule has 28 heavy (non-hydrogen) atoms. The monoisotopic (exact) mass is 379 g/mol. The first-order valence-corrected chi connectivity index (χ1v) is 10.4. The lowest BCUT2D eigenvalue weighted by Crippen LogP contribution is -2.40. The van der Waals surface area contributed by atoms with Crippen molar-refractivity contribution in [2.24, 2.45) is 11.8 Å². The van der Waals surface area contributed by atoms with Gasteiger partial charge in [0.1, 0.15) is 0 Å². The molecule has 0 bridgehead atoms. The van der Waals surface area contributed by atoms with Gasteiger partial charge in [-0.05, 0) is 77.0 Å². The minimum atomic E-state index is 0.231. The number of benzene rings is 1. The number of aromatic nitrogens is 1. The molecule has 1 aliphatic rings. The lowest BCUT2D eigenvalue weighted by Gasteiger charge is -2.37. The maximum Gasteiger partial charge on any atom is 0.163 e. The van der Waals surface area contributed by atoms with Crippen LogP contribution in [-0.2, 0) is 0 Å². The van der Waals surface area contributed by atoms with Gasteiger partial charge in [-0.3, -0.25) is 9.78 Å². The van der Waals surface area contributed by atoms with Crippen molar-refractivity contribution in [1.82, 2.24) is 14.8 Å². The number of hydrogen-bond acceptors (Lipinski definition) is 4. The number of ketones is 1. The first-order chi connectivity index (χ1) is 13.6. The van der Waals surface area contributed by atoms with Crippen LogP contribution in [0.2, 0.25) is 0 Å². The van der Waals surface area contributed by atoms with Crippen molar-refractivity contribution in [1.29, 1.82) is 0 Å². The van der Waals surface area contributed by atoms with E-state index in [0.717, 1.165) is 55.5 Å². The topological polar surface area (TPSA) is 36.4 Å². The Bertz CT molecular complexity index is 796. The van der Waals surface area contributed by atoms with E-state index in [1.165, 1.54) is 6.42 Å². The minimum absolute atomic E-state index is 0.231. The normalized spacial score (nSPS) is 20.5. The number of rotatable bonds is 9. The predicted molar refractivity (Wildman–Crippen MR) is 117 cm³/mol. The molecule has 2 unspecified atom stereocenters. The summed E-state index contributed by atoms with van der Waals surface area (Å²) < 4.78 is 0. The van der Waals surface area contributed by atoms with Crippen LogP contribution in [0, 0.1) is 11.8 Å². The van der Waals surface area contributed by atoms with E-state index in [0.29, 0.717) is 18.3 Å². The van der Waals surface area contributed by atoms with Crippen LogP contribution in [-0.4, -0.2) is 60.8 Å². The largest absolute Gasteiger partial charge is 0.309 e. The summed E-state index contributed by atoms with van der Waals surface area (Å²) in [6.45, 7) is 8.57. The smallest absolute Gasteiger partial charge is 0.163 e. The number of carbonyl (C=O) groups excluding carboxylic acids is 1. The van der Waals surface area contributed by atoms with Gasteiger partial charge in [-0.15, -0.1) is 6.58 Å². The maximum absolute atomic E-state index is 12.9. The first-order valence-electron chi connectivity index (χ1n) is 10.4. The number of fused-ring (bicyclic) bond motifs is 1. The molecule has 1 saturated heterocycles. The molecule has 0 spiro atoms. The van der Waals surface area contributed by atoms with Crippen molar-refractivity contribution in [3.05, 3.63) is 54.7 Å². The number of hydrogen-bond donors (Lipinski definition) is 0. The summed E-state index contributed by atoms with van der Waals surface area (Å²) in [4.78, 5) is 22.1. The molecule has 3 rings (SSSR count). The lowest BCUT2D eigenvalue weighted by molar-refractivity contribution is 0.0943. The highest BCUT2D eigenvalue weighted by Gasteiger charge is 2.27. The molecule has 1 fully saturated rings. The zero-order chi connectivity index (χ0) is 19.9. The standard InChI is InChI=1S/C24H33N3O/c1-4-19-18-27(16-7-15-26(2)3)17-13-20(19)10-11-24(28)22-12-14-25-23-9-6-5-8-21(22)23/h4-6,8-9,12,14,19-20H,1,7,10-11,13,15-18H2,2-3H3. The molecule has 1 aromatic carbocycles. The van der Waals surface area contributed by atoms with Crippen LogP contribution in [0.25, 0.3) is 10.9 Å². The number of Topliss-reactive ketones (excluding diaryl/α,β-unsaturated/α-hetero) is 1. The van der Waals surface area contributed by atoms with Crippen LogP contribution in [0.1, 0.15) is 36.0 Å². The predicted octanol–water partition coefficient (Wildman–Crippen LogP) is 4.27. The van der Waals surface area contributed by atoms with Gasteiger partial charge in [-0.1, -0.05) is 24.3 Å². The van der Waals surface area contributed by atoms with Gasteiger partial charge >= 0.3 is 0 Å². The number of piperidine rings is 1. The highest BCUT2D eigenvalue weighted by molar-refractivity contribution is 6.07. The summed E-state index contributed by atoms with van der Waals surface area (Å²) in [6.07, 6.45) is 7.75. The number of pyridine rings is 1. The molecule has 2 atom stereocenters. The van der Waals surface area contributed by atoms with Crippen LogP contribution >= 0.6 is 0 Å². The van der Waals surface area contributed by atoms with Crippen LogP contribution < -0.4 is 0 Å². The van der Waals surface area contributed by atoms with Gasteiger partial charge in [-0.2, -0.15) is 0 Å². The van der Waals surface area contributed by atoms with E-state index >= 15 is 0 Å². The lowest BCUT2D eigenvalue weighted by atomic mass is 9.81. The van der Waals surface area contributed by atoms with Crippen LogP contribution in [0.3, 0.4) is 0 Å². The molecule has 0 N–H and O–H groups in total. The molecule has 4 nitrogen and oxygen atoms in total. The number of nitrogens with zero attached hydrogens (tertiary/aromatic N) is 3. The van der Waals surface area contributed by atoms with E-state index in [4.69, 9.17) is 0 Å². The van der Waals surface area contributed by atoms with Crippen LogP contribution in [0.15, 0.2) is 49.2 Å². The summed E-state index contributed by atoms with van der Waals surface area (Å²) in [5.41, 5.74) is 1.70. The van der Waals surface area contributed by atoms with Gasteiger partial charge in [0, 0.05) is 30.1 Å². The van der Waals surface area contributed by atoms with Crippen molar-refractivity contribution in [2.75, 3.05) is 40.3 Å². The Balaban J connectivity index is 1.55. The molecule has 1 aliphatic heterocycles. The Labute approximate surface area is 169 Å². The number of carbonyl (C=O) groups is 1. The Morgan fingerprint density at radius 3 is 2.93 bits per heavy atom. The van der Waals surface area contributed by atoms with E-state index in [1.807, 2.05) is 30.3 Å². The van der Waals surface area contributed by atoms with E-state index in [2.05, 4.69) is 41.5 Å². The second-order valence-corrected chi connectivity index (χ2v) is 8.24. The molecule has 150 valence electrons. The third-order valence-corrected chi connectivity index (χ3v) is 5.96. The molecular weight excluding hydrogens is 346 g/mol. The summed E-state index contributed by atoms with van der Waals surface area (Å²) >= 11 is 0. The quantitative estimate of drug-likeness (QED) is 0.481.